The number of nitrogens with zero attached hydrogens (tertiary/aromatic N) is 2. The molecule has 39 heavy (non-hydrogen) atoms. The van der Waals surface area contributed by atoms with E-state index in [-0.39, 0.29) is 17.4 Å². The molecule has 0 saturated carbocycles. The molecule has 1 aliphatic heterocycles. The lowest BCUT2D eigenvalue weighted by molar-refractivity contribution is -0.274. The molecule has 0 radical (unpaired) electrons. The Labute approximate surface area is 229 Å². The molecule has 1 fully saturated rings. The first-order valence-electron chi connectivity index (χ1n) is 11.8. The highest BCUT2D eigenvalue weighted by atomic mass is 32.1. The van der Waals surface area contributed by atoms with E-state index in [4.69, 9.17) is 4.74 Å². The highest BCUT2D eigenvalue weighted by Gasteiger charge is 2.31. The fraction of sp³-hybridized carbons (Fsp3) is 0.320. The van der Waals surface area contributed by atoms with Crippen LogP contribution in [0.4, 0.5) is 13.2 Å². The predicted octanol–water partition coefficient (Wildman–Crippen LogP) is 4.30. The van der Waals surface area contributed by atoms with E-state index in [2.05, 4.69) is 25.5 Å². The number of benzene rings is 1. The maximum atomic E-state index is 12.6. The average Bonchev–Trinajstić information content (AvgIpc) is 3.55. The Morgan fingerprint density at radius 2 is 1.77 bits per heavy atom. The van der Waals surface area contributed by atoms with Gasteiger partial charge in [0.05, 0.1) is 39.1 Å². The van der Waals surface area contributed by atoms with Crippen molar-refractivity contribution in [2.45, 2.75) is 13.3 Å². The molecule has 0 spiro atoms. The van der Waals surface area contributed by atoms with E-state index in [0.29, 0.717) is 51.2 Å². The van der Waals surface area contributed by atoms with Crippen LogP contribution in [0.25, 0.3) is 10.4 Å². The van der Waals surface area contributed by atoms with E-state index < -0.39 is 12.3 Å². The minimum Gasteiger partial charge on any atom is -0.506 e. The smallest absolute Gasteiger partial charge is 0.506 e. The van der Waals surface area contributed by atoms with Crippen LogP contribution in [-0.4, -0.2) is 73.3 Å². The zero-order valence-electron chi connectivity index (χ0n) is 20.7. The molecule has 0 atom stereocenters. The maximum Gasteiger partial charge on any atom is 0.573 e. The summed E-state index contributed by atoms with van der Waals surface area (Å²) in [6.07, 6.45) is -4.79. The van der Waals surface area contributed by atoms with Crippen LogP contribution >= 0.6 is 22.7 Å². The lowest BCUT2D eigenvalue weighted by atomic mass is 10.1. The number of hydrogen-bond donors (Lipinski definition) is 3. The van der Waals surface area contributed by atoms with Crippen LogP contribution in [0.15, 0.2) is 46.9 Å². The van der Waals surface area contributed by atoms with Gasteiger partial charge in [-0.1, -0.05) is 0 Å². The third-order valence-corrected chi connectivity index (χ3v) is 7.80. The van der Waals surface area contributed by atoms with Crippen LogP contribution in [0.1, 0.15) is 31.8 Å². The van der Waals surface area contributed by atoms with Crippen molar-refractivity contribution in [3.63, 3.8) is 0 Å². The molecular weight excluding hydrogens is 557 g/mol. The summed E-state index contributed by atoms with van der Waals surface area (Å²) in [4.78, 5) is 28.3. The fourth-order valence-corrected chi connectivity index (χ4v) is 5.52. The number of hydrazone groups is 1. The van der Waals surface area contributed by atoms with Crippen molar-refractivity contribution in [1.82, 2.24) is 15.6 Å². The van der Waals surface area contributed by atoms with Crippen molar-refractivity contribution in [1.29, 1.82) is 0 Å². The molecule has 3 heterocycles. The lowest BCUT2D eigenvalue weighted by Crippen LogP contribution is -2.41. The number of carbonyl (C=O) groups is 2. The Morgan fingerprint density at radius 1 is 1.10 bits per heavy atom. The SMILES string of the molecule is C/C(=N\NC(=O)c1ccc(C(=O)NCCN2CCOCC2)s1)c1csc(-c2ccc(OC(F)(F)F)cc2)c1O. The number of carbonyl (C=O) groups excluding carboxylic acids is 2. The quantitative estimate of drug-likeness (QED) is 0.256. The van der Waals surface area contributed by atoms with E-state index in [9.17, 15) is 27.9 Å². The first kappa shape index (κ1) is 28.5. The molecule has 0 aliphatic carbocycles. The van der Waals surface area contributed by atoms with E-state index in [1.165, 1.54) is 29.5 Å². The standard InChI is InChI=1S/C25H25F3N4O5S2/c1-15(18-14-38-22(21(18)33)16-2-4-17(5-3-16)37-25(26,27)28)30-31-24(35)20-7-6-19(39-20)23(34)29-8-9-32-10-12-36-13-11-32/h2-7,14,33H,8-13H2,1H3,(H,29,34)(H,31,35)/b30-15+. The third kappa shape index (κ3) is 7.79. The second kappa shape index (κ2) is 12.6. The zero-order chi connectivity index (χ0) is 28.0. The number of aromatic hydroxyl groups is 1. The molecule has 1 aromatic carbocycles. The molecule has 208 valence electrons. The van der Waals surface area contributed by atoms with Gasteiger partial charge in [0.1, 0.15) is 11.5 Å². The van der Waals surface area contributed by atoms with Crippen LogP contribution in [0, 0.1) is 0 Å². The van der Waals surface area contributed by atoms with E-state index in [1.807, 2.05) is 0 Å². The number of ether oxygens (including phenoxy) is 2. The topological polar surface area (TPSA) is 112 Å². The van der Waals surface area contributed by atoms with Gasteiger partial charge in [-0.3, -0.25) is 14.5 Å². The number of thiophene rings is 2. The molecule has 14 heteroatoms. The van der Waals surface area contributed by atoms with Crippen molar-refractivity contribution < 1.29 is 37.3 Å². The second-order valence-electron chi connectivity index (χ2n) is 8.41. The number of halogens is 3. The summed E-state index contributed by atoms with van der Waals surface area (Å²) < 4.78 is 46.3. The highest BCUT2D eigenvalue weighted by Crippen LogP contribution is 2.39. The van der Waals surface area contributed by atoms with Crippen LogP contribution in [0.2, 0.25) is 0 Å². The number of rotatable bonds is 9. The van der Waals surface area contributed by atoms with E-state index in [0.717, 1.165) is 43.1 Å². The summed E-state index contributed by atoms with van der Waals surface area (Å²) in [7, 11) is 0. The van der Waals surface area contributed by atoms with Crippen LogP contribution in [0.3, 0.4) is 0 Å². The Kier molecular flexibility index (Phi) is 9.22. The summed E-state index contributed by atoms with van der Waals surface area (Å²) in [6.45, 7) is 5.83. The molecule has 0 unspecified atom stereocenters. The van der Waals surface area contributed by atoms with Crippen molar-refractivity contribution in [3.05, 3.63) is 57.1 Å². The van der Waals surface area contributed by atoms with Gasteiger partial charge in [-0.15, -0.1) is 35.8 Å². The third-order valence-electron chi connectivity index (χ3n) is 5.70. The normalized spacial score (nSPS) is 14.7. The molecular formula is C25H25F3N4O5S2. The van der Waals surface area contributed by atoms with Gasteiger partial charge < -0.3 is 19.9 Å². The minimum absolute atomic E-state index is 0.118. The van der Waals surface area contributed by atoms with Crippen molar-refractivity contribution in [2.75, 3.05) is 39.4 Å². The number of alkyl halides is 3. The Bertz CT molecular complexity index is 1330. The molecule has 1 saturated heterocycles. The largest absolute Gasteiger partial charge is 0.573 e. The van der Waals surface area contributed by atoms with E-state index in [1.54, 1.807) is 18.4 Å². The number of amides is 2. The Balaban J connectivity index is 1.32. The Morgan fingerprint density at radius 3 is 2.44 bits per heavy atom. The minimum atomic E-state index is -4.79. The molecule has 2 aromatic heterocycles. The van der Waals surface area contributed by atoms with Gasteiger partial charge in [0.25, 0.3) is 11.8 Å². The first-order valence-corrected chi connectivity index (χ1v) is 13.5. The molecule has 2 amide bonds. The van der Waals surface area contributed by atoms with Crippen molar-refractivity contribution >= 4 is 40.2 Å². The van der Waals surface area contributed by atoms with Gasteiger partial charge >= 0.3 is 6.36 Å². The second-order valence-corrected chi connectivity index (χ2v) is 10.4. The van der Waals surface area contributed by atoms with Gasteiger partial charge in [-0.2, -0.15) is 5.10 Å². The number of nitrogens with one attached hydrogen (secondary N) is 2. The summed E-state index contributed by atoms with van der Waals surface area (Å²) >= 11 is 2.21. The Hall–Kier alpha value is -3.46. The molecule has 3 aromatic rings. The monoisotopic (exact) mass is 582 g/mol. The van der Waals surface area contributed by atoms with Crippen molar-refractivity contribution in [2.24, 2.45) is 5.10 Å². The van der Waals surface area contributed by atoms with Gasteiger partial charge in [0.15, 0.2) is 0 Å². The summed E-state index contributed by atoms with van der Waals surface area (Å²) in [6, 6.07) is 8.22. The predicted molar refractivity (Wildman–Crippen MR) is 142 cm³/mol. The summed E-state index contributed by atoms with van der Waals surface area (Å²) in [5.41, 5.74) is 3.59. The van der Waals surface area contributed by atoms with Gasteiger partial charge in [-0.25, -0.2) is 5.43 Å². The van der Waals surface area contributed by atoms with Crippen LogP contribution < -0.4 is 15.5 Å². The molecule has 1 aliphatic rings. The summed E-state index contributed by atoms with van der Waals surface area (Å²) in [5.74, 6) is -1.26. The summed E-state index contributed by atoms with van der Waals surface area (Å²) in [5, 5.41) is 19.2. The van der Waals surface area contributed by atoms with Gasteiger partial charge in [0.2, 0.25) is 0 Å². The fourth-order valence-electron chi connectivity index (χ4n) is 3.69. The zero-order valence-corrected chi connectivity index (χ0v) is 22.3. The van der Waals surface area contributed by atoms with Crippen molar-refractivity contribution in [3.8, 4) is 21.9 Å². The van der Waals surface area contributed by atoms with E-state index >= 15 is 0 Å². The lowest BCUT2D eigenvalue weighted by Gasteiger charge is -2.26. The van der Waals surface area contributed by atoms with Crippen LogP contribution in [-0.2, 0) is 4.74 Å². The molecule has 3 N–H and O–H groups in total. The van der Waals surface area contributed by atoms with Gasteiger partial charge in [0, 0.05) is 31.6 Å². The van der Waals surface area contributed by atoms with Gasteiger partial charge in [-0.05, 0) is 48.9 Å². The number of hydrogen-bond acceptors (Lipinski definition) is 9. The first-order chi connectivity index (χ1) is 18.6. The molecule has 0 bridgehead atoms. The molecule has 4 rings (SSSR count). The molecule has 9 nitrogen and oxygen atoms in total. The average molecular weight is 583 g/mol. The highest BCUT2D eigenvalue weighted by molar-refractivity contribution is 7.16. The maximum absolute atomic E-state index is 12.6. The number of morpholine rings is 1. The van der Waals surface area contributed by atoms with Crippen LogP contribution in [0.5, 0.6) is 11.5 Å².